The summed E-state index contributed by atoms with van der Waals surface area (Å²) in [6.07, 6.45) is 1.54. The van der Waals surface area contributed by atoms with Crippen LogP contribution in [0.5, 0.6) is 11.5 Å². The smallest absolute Gasteiger partial charge is 0.333 e. The van der Waals surface area contributed by atoms with Crippen molar-refractivity contribution in [2.24, 2.45) is 0 Å². The third-order valence-corrected chi connectivity index (χ3v) is 4.91. The lowest BCUT2D eigenvalue weighted by molar-refractivity contribution is -0.156. The summed E-state index contributed by atoms with van der Waals surface area (Å²) in [6.45, 7) is 8.93. The Morgan fingerprint density at radius 1 is 1.33 bits per heavy atom. The van der Waals surface area contributed by atoms with Crippen molar-refractivity contribution < 1.29 is 23.4 Å². The molecule has 6 nitrogen and oxygen atoms in total. The molecule has 1 aromatic carbocycles. The van der Waals surface area contributed by atoms with Crippen LogP contribution in [0.2, 0.25) is 0 Å². The van der Waals surface area contributed by atoms with Crippen LogP contribution in [0.25, 0.3) is 11.0 Å². The second kappa shape index (κ2) is 6.76. The lowest BCUT2D eigenvalue weighted by atomic mass is 9.89. The quantitative estimate of drug-likeness (QED) is 0.604. The molecule has 0 spiro atoms. The van der Waals surface area contributed by atoms with Gasteiger partial charge in [-0.15, -0.1) is 0 Å². The van der Waals surface area contributed by atoms with Gasteiger partial charge in [0, 0.05) is 29.7 Å². The first-order valence-corrected chi connectivity index (χ1v) is 8.85. The highest BCUT2D eigenvalue weighted by Gasteiger charge is 2.42. The molecule has 3 rings (SSSR count). The monoisotopic (exact) mass is 372 g/mol. The van der Waals surface area contributed by atoms with E-state index in [1.807, 2.05) is 13.8 Å². The molecule has 0 bridgehead atoms. The Labute approximate surface area is 157 Å². The zero-order chi connectivity index (χ0) is 19.9. The van der Waals surface area contributed by atoms with Gasteiger partial charge >= 0.3 is 5.97 Å². The Morgan fingerprint density at radius 3 is 2.67 bits per heavy atom. The van der Waals surface area contributed by atoms with E-state index in [0.717, 1.165) is 0 Å². The molecule has 1 atom stereocenters. The van der Waals surface area contributed by atoms with Crippen LogP contribution >= 0.6 is 0 Å². The van der Waals surface area contributed by atoms with E-state index in [9.17, 15) is 9.59 Å². The van der Waals surface area contributed by atoms with Gasteiger partial charge in [0.05, 0.1) is 7.11 Å². The van der Waals surface area contributed by atoms with Crippen LogP contribution < -0.4 is 14.9 Å². The van der Waals surface area contributed by atoms with E-state index in [-0.39, 0.29) is 5.43 Å². The Morgan fingerprint density at radius 2 is 2.04 bits per heavy atom. The summed E-state index contributed by atoms with van der Waals surface area (Å²) in [7, 11) is 1.50. The molecule has 144 valence electrons. The first-order chi connectivity index (χ1) is 12.7. The highest BCUT2D eigenvalue weighted by Crippen LogP contribution is 2.43. The average molecular weight is 372 g/mol. The lowest BCUT2D eigenvalue weighted by Gasteiger charge is -2.39. The third-order valence-electron chi connectivity index (χ3n) is 4.91. The number of ether oxygens (including phenoxy) is 3. The summed E-state index contributed by atoms with van der Waals surface area (Å²) < 4.78 is 23.1. The minimum absolute atomic E-state index is 0.184. The van der Waals surface area contributed by atoms with Gasteiger partial charge in [0.2, 0.25) is 0 Å². The molecule has 0 saturated heterocycles. The molecule has 6 heteroatoms. The average Bonchev–Trinajstić information content (AvgIpc) is 2.59. The van der Waals surface area contributed by atoms with Crippen molar-refractivity contribution >= 4 is 16.9 Å². The number of hydrogen-bond donors (Lipinski definition) is 0. The van der Waals surface area contributed by atoms with Gasteiger partial charge in [-0.05, 0) is 34.6 Å². The molecule has 0 radical (unpaired) electrons. The van der Waals surface area contributed by atoms with Gasteiger partial charge in [-0.3, -0.25) is 4.79 Å². The van der Waals surface area contributed by atoms with Gasteiger partial charge in [0.1, 0.15) is 39.9 Å². The largest absolute Gasteiger partial charge is 0.495 e. The molecule has 0 aliphatic carbocycles. The van der Waals surface area contributed by atoms with Crippen LogP contribution in [-0.4, -0.2) is 24.8 Å². The van der Waals surface area contributed by atoms with Gasteiger partial charge in [0.25, 0.3) is 0 Å². The molecular formula is C21H24O6. The van der Waals surface area contributed by atoms with Crippen LogP contribution in [0, 0.1) is 6.92 Å². The van der Waals surface area contributed by atoms with Crippen molar-refractivity contribution in [3.8, 4) is 11.5 Å². The van der Waals surface area contributed by atoms with E-state index in [2.05, 4.69) is 0 Å². The molecule has 1 unspecified atom stereocenters. The van der Waals surface area contributed by atoms with Crippen molar-refractivity contribution in [3.05, 3.63) is 45.3 Å². The van der Waals surface area contributed by atoms with Crippen molar-refractivity contribution in [2.75, 3.05) is 7.11 Å². The molecule has 27 heavy (non-hydrogen) atoms. The first-order valence-electron chi connectivity index (χ1n) is 8.85. The fourth-order valence-corrected chi connectivity index (χ4v) is 3.24. The number of allylic oxidation sites excluding steroid dienone is 1. The molecule has 2 aromatic rings. The Kier molecular flexibility index (Phi) is 4.76. The summed E-state index contributed by atoms with van der Waals surface area (Å²) in [5, 5.41) is 0.361. The minimum atomic E-state index is -0.751. The number of esters is 1. The van der Waals surface area contributed by atoms with Gasteiger partial charge in [-0.2, -0.15) is 0 Å². The minimum Gasteiger partial charge on any atom is -0.495 e. The Hall–Kier alpha value is -2.76. The zero-order valence-corrected chi connectivity index (χ0v) is 16.5. The van der Waals surface area contributed by atoms with E-state index in [4.69, 9.17) is 18.6 Å². The predicted molar refractivity (Wildman–Crippen MR) is 101 cm³/mol. The molecule has 0 amide bonds. The van der Waals surface area contributed by atoms with E-state index in [1.54, 1.807) is 32.9 Å². The van der Waals surface area contributed by atoms with Gasteiger partial charge in [-0.1, -0.05) is 6.08 Å². The molecule has 0 saturated carbocycles. The Balaban J connectivity index is 2.14. The maximum Gasteiger partial charge on any atom is 0.333 e. The van der Waals surface area contributed by atoms with Crippen LogP contribution in [0.1, 0.15) is 39.0 Å². The molecule has 2 heterocycles. The summed E-state index contributed by atoms with van der Waals surface area (Å²) in [5.74, 6) is 1.08. The summed E-state index contributed by atoms with van der Waals surface area (Å²) in [5.41, 5.74) is 0.692. The third kappa shape index (κ3) is 3.31. The van der Waals surface area contributed by atoms with E-state index < -0.39 is 17.7 Å². The van der Waals surface area contributed by atoms with E-state index >= 15 is 0 Å². The van der Waals surface area contributed by atoms with Gasteiger partial charge in [0.15, 0.2) is 5.43 Å². The summed E-state index contributed by atoms with van der Waals surface area (Å²) in [6, 6.07) is 3.14. The van der Waals surface area contributed by atoms with Crippen LogP contribution in [-0.2, 0) is 16.0 Å². The van der Waals surface area contributed by atoms with Crippen molar-refractivity contribution in [1.82, 2.24) is 0 Å². The number of rotatable bonds is 3. The molecule has 0 N–H and O–H groups in total. The van der Waals surface area contributed by atoms with Crippen LogP contribution in [0.4, 0.5) is 0 Å². The maximum absolute atomic E-state index is 12.5. The fourth-order valence-electron chi connectivity index (χ4n) is 3.24. The molecule has 1 aromatic heterocycles. The number of fused-ring (bicyclic) bond motifs is 2. The van der Waals surface area contributed by atoms with Gasteiger partial charge < -0.3 is 18.6 Å². The SMILES string of the molecule is C/C=C(/C)C(=O)OC1Cc2c(cc3oc(C)cc(=O)c3c2OC)OC1(C)C. The second-order valence-corrected chi connectivity index (χ2v) is 7.26. The number of methoxy groups -OCH3 is 1. The normalized spacial score (nSPS) is 18.6. The fraction of sp³-hybridized carbons (Fsp3) is 0.429. The standard InChI is InChI=1S/C21H24O6/c1-7-11(2)20(23)26-17-9-13-15(27-21(17,4)5)10-16-18(19(13)24-6)14(22)8-12(3)25-16/h7-8,10,17H,9H2,1-6H3/b11-7-. The van der Waals surface area contributed by atoms with Crippen molar-refractivity contribution in [3.63, 3.8) is 0 Å². The molecular weight excluding hydrogens is 348 g/mol. The molecule has 1 aliphatic heterocycles. The highest BCUT2D eigenvalue weighted by atomic mass is 16.6. The predicted octanol–water partition coefficient (Wildman–Crippen LogP) is 3.70. The topological polar surface area (TPSA) is 75.0 Å². The molecule has 0 fully saturated rings. The lowest BCUT2D eigenvalue weighted by Crippen LogP contribution is -2.49. The summed E-state index contributed by atoms with van der Waals surface area (Å²) >= 11 is 0. The van der Waals surface area contributed by atoms with E-state index in [1.165, 1.54) is 13.2 Å². The number of benzene rings is 1. The molecule has 1 aliphatic rings. The van der Waals surface area contributed by atoms with Crippen molar-refractivity contribution in [1.29, 1.82) is 0 Å². The van der Waals surface area contributed by atoms with E-state index in [0.29, 0.717) is 45.8 Å². The van der Waals surface area contributed by atoms with Crippen molar-refractivity contribution in [2.45, 2.75) is 52.7 Å². The summed E-state index contributed by atoms with van der Waals surface area (Å²) in [4.78, 5) is 24.8. The number of carbonyl (C=O) groups excluding carboxylic acids is 1. The number of hydrogen-bond acceptors (Lipinski definition) is 6. The van der Waals surface area contributed by atoms with Gasteiger partial charge in [-0.25, -0.2) is 4.79 Å². The maximum atomic E-state index is 12.5. The highest BCUT2D eigenvalue weighted by molar-refractivity contribution is 5.89. The van der Waals surface area contributed by atoms with Crippen LogP contribution in [0.3, 0.4) is 0 Å². The first kappa shape index (κ1) is 19.0. The second-order valence-electron chi connectivity index (χ2n) is 7.26. The number of aryl methyl sites for hydroxylation is 1. The van der Waals surface area contributed by atoms with Crippen LogP contribution in [0.15, 0.2) is 33.0 Å². The zero-order valence-electron chi connectivity index (χ0n) is 16.5. The Bertz CT molecular complexity index is 996. The number of carbonyl (C=O) groups is 1.